The molecular weight excluding hydrogens is 404 g/mol. The number of para-hydroxylation sites is 3. The van der Waals surface area contributed by atoms with Gasteiger partial charge in [0.1, 0.15) is 5.52 Å². The van der Waals surface area contributed by atoms with Crippen LogP contribution in [0.25, 0.3) is 33.1 Å². The molecule has 0 spiro atoms. The van der Waals surface area contributed by atoms with Gasteiger partial charge in [-0.05, 0) is 37.3 Å². The number of hydrogen-bond donors (Lipinski definition) is 2. The van der Waals surface area contributed by atoms with Gasteiger partial charge in [-0.25, -0.2) is 14.8 Å². The van der Waals surface area contributed by atoms with Crippen molar-refractivity contribution in [1.82, 2.24) is 14.5 Å². The molecule has 158 valence electrons. The smallest absolute Gasteiger partial charge is 0.337 e. The maximum Gasteiger partial charge on any atom is 0.337 e. The van der Waals surface area contributed by atoms with Crippen molar-refractivity contribution in [1.29, 1.82) is 0 Å². The molecule has 0 atom stereocenters. The molecule has 0 aliphatic rings. The van der Waals surface area contributed by atoms with Crippen molar-refractivity contribution in [3.05, 3.63) is 77.9 Å². The second-order valence-electron chi connectivity index (χ2n) is 7.71. The maximum atomic E-state index is 12.7. The van der Waals surface area contributed by atoms with E-state index in [1.165, 1.54) is 0 Å². The van der Waals surface area contributed by atoms with E-state index in [4.69, 9.17) is 9.97 Å². The number of amides is 1. The zero-order valence-electron chi connectivity index (χ0n) is 17.4. The lowest BCUT2D eigenvalue weighted by Gasteiger charge is -2.11. The van der Waals surface area contributed by atoms with Crippen molar-refractivity contribution in [3.8, 4) is 0 Å². The number of aryl methyl sites for hydroxylation is 2. The Morgan fingerprint density at radius 2 is 1.69 bits per heavy atom. The molecule has 0 bridgehead atoms. The molecule has 7 heteroatoms. The molecule has 0 fully saturated rings. The fraction of sp³-hybridized carbons (Fsp3) is 0.120. The molecular formula is C25H20N4O3. The largest absolute Gasteiger partial charge is 0.478 e. The zero-order valence-corrected chi connectivity index (χ0v) is 17.4. The number of carboxylic acids is 1. The molecule has 7 nitrogen and oxygen atoms in total. The number of rotatable bonds is 5. The van der Waals surface area contributed by atoms with Gasteiger partial charge in [-0.1, -0.05) is 42.0 Å². The second kappa shape index (κ2) is 7.77. The Hall–Kier alpha value is -4.26. The summed E-state index contributed by atoms with van der Waals surface area (Å²) in [6.45, 7) is 2.20. The van der Waals surface area contributed by atoms with Crippen molar-refractivity contribution in [2.24, 2.45) is 0 Å². The summed E-state index contributed by atoms with van der Waals surface area (Å²) in [4.78, 5) is 33.9. The minimum absolute atomic E-state index is 0.0764. The number of anilines is 1. The molecule has 5 rings (SSSR count). The van der Waals surface area contributed by atoms with Gasteiger partial charge in [0.25, 0.3) is 0 Å². The van der Waals surface area contributed by atoms with Crippen LogP contribution in [0.3, 0.4) is 0 Å². The Balaban J connectivity index is 1.48. The number of hydrogen-bond acceptors (Lipinski definition) is 4. The van der Waals surface area contributed by atoms with Gasteiger partial charge < -0.3 is 15.0 Å². The van der Waals surface area contributed by atoms with E-state index in [1.807, 2.05) is 60.0 Å². The van der Waals surface area contributed by atoms with E-state index >= 15 is 0 Å². The molecule has 0 saturated heterocycles. The second-order valence-corrected chi connectivity index (χ2v) is 7.71. The number of carbonyl (C=O) groups excluding carboxylic acids is 1. The van der Waals surface area contributed by atoms with Gasteiger partial charge in [0.15, 0.2) is 5.65 Å². The number of nitrogens with one attached hydrogen (secondary N) is 1. The van der Waals surface area contributed by atoms with E-state index < -0.39 is 5.97 Å². The summed E-state index contributed by atoms with van der Waals surface area (Å²) in [6, 6.07) is 20.5. The quantitative estimate of drug-likeness (QED) is 0.423. The average molecular weight is 424 g/mol. The predicted molar refractivity (Wildman–Crippen MR) is 124 cm³/mol. The molecule has 1 amide bonds. The highest BCUT2D eigenvalue weighted by atomic mass is 16.4. The van der Waals surface area contributed by atoms with Gasteiger partial charge in [-0.2, -0.15) is 0 Å². The Bertz CT molecular complexity index is 1520. The van der Waals surface area contributed by atoms with Gasteiger partial charge in [0.05, 0.1) is 27.8 Å². The molecule has 3 aromatic carbocycles. The van der Waals surface area contributed by atoms with Gasteiger partial charge in [-0.15, -0.1) is 0 Å². The lowest BCUT2D eigenvalue weighted by atomic mass is 10.1. The molecule has 2 heterocycles. The summed E-state index contributed by atoms with van der Waals surface area (Å²) in [5.41, 5.74) is 5.27. The molecule has 0 unspecified atom stereocenters. The molecule has 32 heavy (non-hydrogen) atoms. The first kappa shape index (κ1) is 19.7. The number of fused-ring (bicyclic) bond motifs is 4. The number of carboxylic acid groups (broad SMARTS) is 1. The van der Waals surface area contributed by atoms with Crippen molar-refractivity contribution in [2.75, 3.05) is 5.32 Å². The zero-order chi connectivity index (χ0) is 22.2. The highest BCUT2D eigenvalue weighted by Gasteiger charge is 2.16. The summed E-state index contributed by atoms with van der Waals surface area (Å²) in [6.07, 6.45) is 0.162. The lowest BCUT2D eigenvalue weighted by molar-refractivity contribution is -0.116. The molecule has 0 aliphatic heterocycles. The fourth-order valence-corrected chi connectivity index (χ4v) is 3.98. The minimum atomic E-state index is -1.08. The first-order valence-electron chi connectivity index (χ1n) is 10.3. The molecule has 0 saturated carbocycles. The fourth-order valence-electron chi connectivity index (χ4n) is 3.98. The number of carbonyl (C=O) groups is 2. The average Bonchev–Trinajstić information content (AvgIpc) is 3.10. The third kappa shape index (κ3) is 3.43. The van der Waals surface area contributed by atoms with Crippen molar-refractivity contribution in [2.45, 2.75) is 19.9 Å². The number of aromatic carboxylic acids is 1. The summed E-state index contributed by atoms with van der Waals surface area (Å²) in [7, 11) is 0. The summed E-state index contributed by atoms with van der Waals surface area (Å²) in [5.74, 6) is -1.34. The van der Waals surface area contributed by atoms with E-state index in [2.05, 4.69) is 5.32 Å². The summed E-state index contributed by atoms with van der Waals surface area (Å²) in [5, 5.41) is 13.2. The van der Waals surface area contributed by atoms with Crippen LogP contribution in [0.4, 0.5) is 5.69 Å². The SMILES string of the molecule is Cc1ccc(NC(=O)CCn2c3ccccc3c3nc4ccccc4nc32)c(C(=O)O)c1. The summed E-state index contributed by atoms with van der Waals surface area (Å²) < 4.78 is 2.00. The van der Waals surface area contributed by atoms with E-state index in [9.17, 15) is 14.7 Å². The Kier molecular flexibility index (Phi) is 4.78. The van der Waals surface area contributed by atoms with Crippen molar-refractivity contribution >= 4 is 50.7 Å². The Morgan fingerprint density at radius 1 is 0.969 bits per heavy atom. The van der Waals surface area contributed by atoms with Crippen LogP contribution in [0.1, 0.15) is 22.3 Å². The third-order valence-electron chi connectivity index (χ3n) is 5.50. The molecule has 0 radical (unpaired) electrons. The first-order valence-corrected chi connectivity index (χ1v) is 10.3. The Morgan fingerprint density at radius 3 is 2.47 bits per heavy atom. The first-order chi connectivity index (χ1) is 15.5. The summed E-state index contributed by atoms with van der Waals surface area (Å²) >= 11 is 0. The lowest BCUT2D eigenvalue weighted by Crippen LogP contribution is -2.17. The van der Waals surface area contributed by atoms with Gasteiger partial charge >= 0.3 is 5.97 Å². The normalized spacial score (nSPS) is 11.3. The van der Waals surface area contributed by atoms with Crippen molar-refractivity contribution < 1.29 is 14.7 Å². The standard InChI is InChI=1S/C25H20N4O3/c1-15-10-11-18(17(14-15)25(31)32)26-22(30)12-13-29-21-9-5-2-6-16(21)23-24(29)28-20-8-4-3-7-19(20)27-23/h2-11,14H,12-13H2,1H3,(H,26,30)(H,31,32). The highest BCUT2D eigenvalue weighted by molar-refractivity contribution is 6.06. The van der Waals surface area contributed by atoms with Crippen LogP contribution >= 0.6 is 0 Å². The monoisotopic (exact) mass is 424 g/mol. The van der Waals surface area contributed by atoms with Crippen LogP contribution in [0, 0.1) is 6.92 Å². The number of aromatic nitrogens is 3. The van der Waals surface area contributed by atoms with Crippen LogP contribution in [0.2, 0.25) is 0 Å². The van der Waals surface area contributed by atoms with Crippen LogP contribution in [-0.2, 0) is 11.3 Å². The topological polar surface area (TPSA) is 97.1 Å². The molecule has 2 aromatic heterocycles. The van der Waals surface area contributed by atoms with Gasteiger partial charge in [0.2, 0.25) is 5.91 Å². The maximum absolute atomic E-state index is 12.7. The third-order valence-corrected chi connectivity index (χ3v) is 5.50. The van der Waals surface area contributed by atoms with Crippen molar-refractivity contribution in [3.63, 3.8) is 0 Å². The van der Waals surface area contributed by atoms with E-state index in [1.54, 1.807) is 18.2 Å². The van der Waals surface area contributed by atoms with Crippen LogP contribution in [0.15, 0.2) is 66.7 Å². The minimum Gasteiger partial charge on any atom is -0.478 e. The highest BCUT2D eigenvalue weighted by Crippen LogP contribution is 2.28. The van der Waals surface area contributed by atoms with E-state index in [-0.39, 0.29) is 17.9 Å². The molecule has 2 N–H and O–H groups in total. The van der Waals surface area contributed by atoms with Crippen LogP contribution in [0.5, 0.6) is 0 Å². The number of benzene rings is 3. The van der Waals surface area contributed by atoms with Gasteiger partial charge in [0, 0.05) is 18.4 Å². The van der Waals surface area contributed by atoms with E-state index in [0.717, 1.165) is 38.7 Å². The predicted octanol–water partition coefficient (Wildman–Crippen LogP) is 4.77. The van der Waals surface area contributed by atoms with Crippen LogP contribution in [-0.4, -0.2) is 31.5 Å². The van der Waals surface area contributed by atoms with E-state index in [0.29, 0.717) is 12.2 Å². The van der Waals surface area contributed by atoms with Gasteiger partial charge in [-0.3, -0.25) is 4.79 Å². The molecule has 5 aromatic rings. The molecule has 0 aliphatic carbocycles. The Labute approximate surface area is 183 Å². The number of nitrogens with zero attached hydrogens (tertiary/aromatic N) is 3. The van der Waals surface area contributed by atoms with Crippen LogP contribution < -0.4 is 5.32 Å².